The predicted molar refractivity (Wildman–Crippen MR) is 203 cm³/mol. The highest BCUT2D eigenvalue weighted by molar-refractivity contribution is 5.97. The van der Waals surface area contributed by atoms with Crippen molar-refractivity contribution in [2.45, 2.75) is 121 Å². The number of likely N-dealkylation sites (tertiary alicyclic amines) is 2. The number of carboxylic acid groups (broad SMARTS) is 1. The molecule has 2 fully saturated rings. The first-order valence-corrected chi connectivity index (χ1v) is 19.2. The number of rotatable bonds is 20. The number of hydrogen-bond acceptors (Lipinski definition) is 10. The summed E-state index contributed by atoms with van der Waals surface area (Å²) >= 11 is 0. The van der Waals surface area contributed by atoms with Crippen molar-refractivity contribution in [3.05, 3.63) is 35.9 Å². The minimum atomic E-state index is -1.61. The van der Waals surface area contributed by atoms with Crippen LogP contribution in [0.1, 0.15) is 78.2 Å². The molecule has 1 aromatic rings. The van der Waals surface area contributed by atoms with Crippen LogP contribution in [0.4, 0.5) is 0 Å². The SMILES string of the molecule is CC(C)C[C@H](NC(=O)[C@@H](NC(=O)[C@H](CO)NC(=O)[C@H](CCC(N)=O)NC(=O)[C@@H]1CCCN1C(=O)[C@@H]1CCCN1C(=O)[C@@H](N)Cc1ccccc1)C(C)C)C(=O)O. The summed E-state index contributed by atoms with van der Waals surface area (Å²) in [5.74, 6) is -6.76. The summed E-state index contributed by atoms with van der Waals surface area (Å²) in [4.78, 5) is 107. The van der Waals surface area contributed by atoms with Crippen molar-refractivity contribution in [2.24, 2.45) is 23.3 Å². The van der Waals surface area contributed by atoms with Gasteiger partial charge in [-0.3, -0.25) is 33.6 Å². The highest BCUT2D eigenvalue weighted by Gasteiger charge is 2.43. The van der Waals surface area contributed by atoms with Gasteiger partial charge in [-0.2, -0.15) is 0 Å². The fourth-order valence-electron chi connectivity index (χ4n) is 6.98. The molecule has 10 N–H and O–H groups in total. The molecule has 56 heavy (non-hydrogen) atoms. The molecule has 7 atom stereocenters. The third-order valence-corrected chi connectivity index (χ3v) is 9.97. The topological polar surface area (TPSA) is 284 Å². The molecule has 1 aromatic carbocycles. The number of carbonyl (C=O) groups is 8. The zero-order chi connectivity index (χ0) is 41.7. The van der Waals surface area contributed by atoms with Gasteiger partial charge in [0.05, 0.1) is 12.6 Å². The average molecular weight is 787 g/mol. The smallest absolute Gasteiger partial charge is 0.326 e. The van der Waals surface area contributed by atoms with Gasteiger partial charge in [-0.1, -0.05) is 58.0 Å². The Bertz CT molecular complexity index is 1570. The second-order valence-electron chi connectivity index (χ2n) is 15.2. The van der Waals surface area contributed by atoms with E-state index in [2.05, 4.69) is 21.3 Å². The standard InChI is InChI=1S/C38H58N8O10/c1-21(2)18-26(38(55)56)42-35(52)31(22(3)4)44-33(50)27(20-47)43-32(49)25(14-15-30(40)48)41-34(51)28-12-8-16-45(28)37(54)29-13-9-17-46(29)36(53)24(39)19-23-10-6-5-7-11-23/h5-7,10-11,21-22,24-29,31,47H,8-9,12-20,39H2,1-4H3,(H2,40,48)(H,41,51)(H,42,52)(H,43,49)(H,44,50)(H,55,56)/t24-,25-,26-,27-,28-,29-,31-/m0/s1. The summed E-state index contributed by atoms with van der Waals surface area (Å²) < 4.78 is 0. The highest BCUT2D eigenvalue weighted by Crippen LogP contribution is 2.26. The molecule has 18 nitrogen and oxygen atoms in total. The number of amides is 7. The van der Waals surface area contributed by atoms with Gasteiger partial charge in [-0.25, -0.2) is 4.79 Å². The van der Waals surface area contributed by atoms with Crippen LogP contribution < -0.4 is 32.7 Å². The summed E-state index contributed by atoms with van der Waals surface area (Å²) in [6, 6.07) is 1.09. The minimum Gasteiger partial charge on any atom is -0.480 e. The van der Waals surface area contributed by atoms with Gasteiger partial charge in [0.2, 0.25) is 41.4 Å². The van der Waals surface area contributed by atoms with E-state index in [1.54, 1.807) is 27.7 Å². The Hall–Kier alpha value is -5.10. The fourth-order valence-corrected chi connectivity index (χ4v) is 6.98. The van der Waals surface area contributed by atoms with Crippen LogP contribution in [0.3, 0.4) is 0 Å². The Morgan fingerprint density at radius 2 is 1.38 bits per heavy atom. The maximum Gasteiger partial charge on any atom is 0.326 e. The lowest BCUT2D eigenvalue weighted by Gasteiger charge is -2.32. The van der Waals surface area contributed by atoms with Crippen molar-refractivity contribution >= 4 is 47.3 Å². The normalized spacial score (nSPS) is 19.4. The largest absolute Gasteiger partial charge is 0.480 e. The zero-order valence-corrected chi connectivity index (χ0v) is 32.6. The first-order valence-electron chi connectivity index (χ1n) is 19.2. The minimum absolute atomic E-state index is 0.0548. The van der Waals surface area contributed by atoms with Crippen LogP contribution in [-0.2, 0) is 44.8 Å². The molecule has 2 aliphatic heterocycles. The van der Waals surface area contributed by atoms with Gasteiger partial charge in [0, 0.05) is 19.5 Å². The molecule has 0 unspecified atom stereocenters. The maximum atomic E-state index is 13.9. The monoisotopic (exact) mass is 786 g/mol. The summed E-state index contributed by atoms with van der Waals surface area (Å²) in [5.41, 5.74) is 12.5. The lowest BCUT2D eigenvalue weighted by atomic mass is 10.00. The van der Waals surface area contributed by atoms with Crippen molar-refractivity contribution in [3.8, 4) is 0 Å². The third kappa shape index (κ3) is 12.7. The molecule has 0 aromatic heterocycles. The predicted octanol–water partition coefficient (Wildman–Crippen LogP) is -1.48. The van der Waals surface area contributed by atoms with Crippen LogP contribution >= 0.6 is 0 Å². The van der Waals surface area contributed by atoms with E-state index in [0.717, 1.165) is 5.56 Å². The molecule has 7 amide bonds. The van der Waals surface area contributed by atoms with E-state index in [4.69, 9.17) is 11.5 Å². The van der Waals surface area contributed by atoms with E-state index in [0.29, 0.717) is 32.2 Å². The van der Waals surface area contributed by atoms with Gasteiger partial charge in [-0.15, -0.1) is 0 Å². The Morgan fingerprint density at radius 1 is 0.786 bits per heavy atom. The number of aliphatic hydroxyl groups is 1. The molecule has 0 spiro atoms. The summed E-state index contributed by atoms with van der Waals surface area (Å²) in [5, 5.41) is 29.5. The number of aliphatic carboxylic acids is 1. The highest BCUT2D eigenvalue weighted by atomic mass is 16.4. The van der Waals surface area contributed by atoms with E-state index >= 15 is 0 Å². The van der Waals surface area contributed by atoms with Gasteiger partial charge in [-0.05, 0) is 62.3 Å². The molecular formula is C38H58N8O10. The molecular weight excluding hydrogens is 728 g/mol. The quantitative estimate of drug-likeness (QED) is 0.0755. The first-order chi connectivity index (χ1) is 26.4. The Labute approximate surface area is 326 Å². The van der Waals surface area contributed by atoms with Crippen molar-refractivity contribution in [2.75, 3.05) is 19.7 Å². The fraction of sp³-hybridized carbons (Fsp3) is 0.632. The molecule has 2 aliphatic rings. The molecule has 0 radical (unpaired) electrons. The second kappa shape index (κ2) is 21.3. The Morgan fingerprint density at radius 3 is 1.95 bits per heavy atom. The Balaban J connectivity index is 1.70. The number of nitrogens with one attached hydrogen (secondary N) is 4. The molecule has 0 aliphatic carbocycles. The number of aliphatic hydroxyl groups excluding tert-OH is 1. The molecule has 2 saturated heterocycles. The van der Waals surface area contributed by atoms with Crippen molar-refractivity contribution in [1.29, 1.82) is 0 Å². The number of nitrogens with zero attached hydrogens (tertiary/aromatic N) is 2. The molecule has 2 heterocycles. The van der Waals surface area contributed by atoms with E-state index in [1.165, 1.54) is 9.80 Å². The summed E-state index contributed by atoms with van der Waals surface area (Å²) in [7, 11) is 0. The van der Waals surface area contributed by atoms with Gasteiger partial charge < -0.3 is 52.7 Å². The van der Waals surface area contributed by atoms with Crippen molar-refractivity contribution in [1.82, 2.24) is 31.1 Å². The summed E-state index contributed by atoms with van der Waals surface area (Å²) in [6.07, 6.45) is 1.51. The molecule has 0 saturated carbocycles. The van der Waals surface area contributed by atoms with Crippen molar-refractivity contribution < 1.29 is 48.6 Å². The molecule has 3 rings (SSSR count). The van der Waals surface area contributed by atoms with E-state index < -0.39 is 96.2 Å². The van der Waals surface area contributed by atoms with Gasteiger partial charge in [0.15, 0.2) is 0 Å². The van der Waals surface area contributed by atoms with Crippen LogP contribution in [0.2, 0.25) is 0 Å². The van der Waals surface area contributed by atoms with Crippen molar-refractivity contribution in [3.63, 3.8) is 0 Å². The second-order valence-corrected chi connectivity index (χ2v) is 15.2. The number of carboxylic acids is 1. The third-order valence-electron chi connectivity index (χ3n) is 9.97. The molecule has 0 bridgehead atoms. The van der Waals surface area contributed by atoms with Gasteiger partial charge in [0.1, 0.15) is 36.3 Å². The Kier molecular flexibility index (Phi) is 17.2. The van der Waals surface area contributed by atoms with Gasteiger partial charge >= 0.3 is 5.97 Å². The number of benzene rings is 1. The van der Waals surface area contributed by atoms with Crippen LogP contribution in [0, 0.1) is 11.8 Å². The number of hydrogen-bond donors (Lipinski definition) is 8. The molecule has 18 heteroatoms. The van der Waals surface area contributed by atoms with Crippen LogP contribution in [-0.4, -0.2) is 129 Å². The number of primary amides is 1. The van der Waals surface area contributed by atoms with E-state index in [1.807, 2.05) is 30.3 Å². The summed E-state index contributed by atoms with van der Waals surface area (Å²) in [6.45, 7) is 6.46. The maximum absolute atomic E-state index is 13.9. The van der Waals surface area contributed by atoms with Crippen LogP contribution in [0.15, 0.2) is 30.3 Å². The van der Waals surface area contributed by atoms with Crippen LogP contribution in [0.25, 0.3) is 0 Å². The number of carbonyl (C=O) groups excluding carboxylic acids is 7. The zero-order valence-electron chi connectivity index (χ0n) is 32.6. The first kappa shape index (κ1) is 45.3. The molecule has 310 valence electrons. The number of nitrogens with two attached hydrogens (primary N) is 2. The van der Waals surface area contributed by atoms with Crippen LogP contribution in [0.5, 0.6) is 0 Å². The lowest BCUT2D eigenvalue weighted by molar-refractivity contribution is -0.147. The van der Waals surface area contributed by atoms with Gasteiger partial charge in [0.25, 0.3) is 0 Å². The van der Waals surface area contributed by atoms with E-state index in [9.17, 15) is 48.6 Å². The average Bonchev–Trinajstić information content (AvgIpc) is 3.84. The lowest BCUT2D eigenvalue weighted by Crippen LogP contribution is -2.60. The van der Waals surface area contributed by atoms with E-state index in [-0.39, 0.29) is 44.1 Å².